The van der Waals surface area contributed by atoms with E-state index in [-0.39, 0.29) is 11.9 Å². The van der Waals surface area contributed by atoms with Crippen LogP contribution in [0.3, 0.4) is 0 Å². The van der Waals surface area contributed by atoms with Crippen LogP contribution in [0.1, 0.15) is 30.4 Å². The van der Waals surface area contributed by atoms with Crippen molar-refractivity contribution in [1.29, 1.82) is 0 Å². The minimum atomic E-state index is -0.622. The summed E-state index contributed by atoms with van der Waals surface area (Å²) >= 11 is 0. The molecule has 2 heterocycles. The Morgan fingerprint density at radius 1 is 1.12 bits per heavy atom. The van der Waals surface area contributed by atoms with Crippen LogP contribution in [0.5, 0.6) is 5.75 Å². The molecule has 8 nitrogen and oxygen atoms in total. The number of nitrogens with two attached hydrogens (primary N) is 2. The molecule has 4 N–H and O–H groups in total. The summed E-state index contributed by atoms with van der Waals surface area (Å²) in [6, 6.07) is 6.17. The molecule has 2 aliphatic rings. The van der Waals surface area contributed by atoms with Crippen LogP contribution in [0.2, 0.25) is 0 Å². The molecule has 0 aromatic heterocycles. The number of hydroxylamine groups is 2. The van der Waals surface area contributed by atoms with E-state index in [9.17, 15) is 0 Å². The zero-order valence-corrected chi connectivity index (χ0v) is 15.4. The molecular weight excluding hydrogens is 334 g/mol. The van der Waals surface area contributed by atoms with Gasteiger partial charge < -0.3 is 20.9 Å². The van der Waals surface area contributed by atoms with E-state index >= 15 is 0 Å². The molecule has 0 aliphatic carbocycles. The molecule has 0 saturated carbocycles. The standard InChI is InChI=1S/C18H27N5O3/c1-13-10-14(2)12-15(11-13)25-6-3-7-26-23-17(20)21-16(19)22-18(23)4-8-24-9-5-18/h10-12H,3-9H2,1-2H3,(H4,19,20,21,22). The van der Waals surface area contributed by atoms with Gasteiger partial charge >= 0.3 is 0 Å². The summed E-state index contributed by atoms with van der Waals surface area (Å²) in [5.74, 6) is 1.29. The molecule has 1 aromatic rings. The summed E-state index contributed by atoms with van der Waals surface area (Å²) < 4.78 is 11.2. The number of guanidine groups is 2. The number of aryl methyl sites for hydroxylation is 2. The lowest BCUT2D eigenvalue weighted by Gasteiger charge is -2.43. The molecule has 0 atom stereocenters. The molecule has 8 heteroatoms. The van der Waals surface area contributed by atoms with Crippen LogP contribution in [0.15, 0.2) is 28.2 Å². The molecule has 1 spiro atoms. The van der Waals surface area contributed by atoms with E-state index in [1.165, 1.54) is 11.1 Å². The average molecular weight is 361 g/mol. The average Bonchev–Trinajstić information content (AvgIpc) is 2.56. The fraction of sp³-hybridized carbons (Fsp3) is 0.556. The number of ether oxygens (including phenoxy) is 2. The smallest absolute Gasteiger partial charge is 0.226 e. The number of nitrogens with zero attached hydrogens (tertiary/aromatic N) is 3. The normalized spacial score (nSPS) is 19.2. The maximum atomic E-state index is 6.03. The molecular formula is C18H27N5O3. The van der Waals surface area contributed by atoms with E-state index in [1.54, 1.807) is 5.06 Å². The third-order valence-corrected chi connectivity index (χ3v) is 4.40. The first-order valence-corrected chi connectivity index (χ1v) is 8.90. The highest BCUT2D eigenvalue weighted by Crippen LogP contribution is 2.31. The number of benzene rings is 1. The number of hydrogen-bond donors (Lipinski definition) is 2. The van der Waals surface area contributed by atoms with Gasteiger partial charge in [-0.2, -0.15) is 10.1 Å². The zero-order chi connectivity index (χ0) is 18.6. The molecule has 0 unspecified atom stereocenters. The van der Waals surface area contributed by atoms with Crippen LogP contribution in [0.25, 0.3) is 0 Å². The minimum Gasteiger partial charge on any atom is -0.493 e. The van der Waals surface area contributed by atoms with Gasteiger partial charge in [-0.15, -0.1) is 0 Å². The second-order valence-corrected chi connectivity index (χ2v) is 6.69. The molecule has 26 heavy (non-hydrogen) atoms. The van der Waals surface area contributed by atoms with E-state index in [0.717, 1.165) is 5.75 Å². The van der Waals surface area contributed by atoms with E-state index < -0.39 is 5.66 Å². The highest BCUT2D eigenvalue weighted by Gasteiger charge is 2.43. The van der Waals surface area contributed by atoms with E-state index in [2.05, 4.69) is 29.9 Å². The maximum absolute atomic E-state index is 6.03. The van der Waals surface area contributed by atoms with Gasteiger partial charge in [0.05, 0.1) is 26.4 Å². The Balaban J connectivity index is 1.52. The largest absolute Gasteiger partial charge is 0.493 e. The summed E-state index contributed by atoms with van der Waals surface area (Å²) in [7, 11) is 0. The molecule has 1 saturated heterocycles. The Bertz CT molecular complexity index is 678. The maximum Gasteiger partial charge on any atom is 0.226 e. The quantitative estimate of drug-likeness (QED) is 0.743. The van der Waals surface area contributed by atoms with Crippen LogP contribution in [0.4, 0.5) is 0 Å². The second-order valence-electron chi connectivity index (χ2n) is 6.69. The van der Waals surface area contributed by atoms with Gasteiger partial charge in [0, 0.05) is 19.3 Å². The SMILES string of the molecule is Cc1cc(C)cc(OCCCON2C(N)=NC(N)=NC23CCOCC3)c1. The molecule has 142 valence electrons. The van der Waals surface area contributed by atoms with Gasteiger partial charge in [0.25, 0.3) is 0 Å². The fourth-order valence-corrected chi connectivity index (χ4v) is 3.28. The molecule has 1 fully saturated rings. The van der Waals surface area contributed by atoms with Gasteiger partial charge in [0.1, 0.15) is 5.75 Å². The Morgan fingerprint density at radius 2 is 1.81 bits per heavy atom. The summed E-state index contributed by atoms with van der Waals surface area (Å²) in [6.45, 7) is 6.27. The summed E-state index contributed by atoms with van der Waals surface area (Å²) in [5, 5.41) is 1.59. The highest BCUT2D eigenvalue weighted by molar-refractivity contribution is 5.95. The monoisotopic (exact) mass is 361 g/mol. The topological polar surface area (TPSA) is 108 Å². The van der Waals surface area contributed by atoms with Crippen LogP contribution >= 0.6 is 0 Å². The first-order chi connectivity index (χ1) is 12.5. The molecule has 0 radical (unpaired) electrons. The Hall–Kier alpha value is -2.32. The molecule has 2 aliphatic heterocycles. The van der Waals surface area contributed by atoms with Crippen molar-refractivity contribution in [3.63, 3.8) is 0 Å². The molecule has 3 rings (SSSR count). The number of hydrogen-bond acceptors (Lipinski definition) is 8. The summed E-state index contributed by atoms with van der Waals surface area (Å²) in [4.78, 5) is 14.4. The van der Waals surface area contributed by atoms with E-state index in [4.69, 9.17) is 25.8 Å². The number of aliphatic imine (C=N–C) groups is 2. The lowest BCUT2D eigenvalue weighted by molar-refractivity contribution is -0.190. The summed E-state index contributed by atoms with van der Waals surface area (Å²) in [5.41, 5.74) is 13.6. The van der Waals surface area contributed by atoms with Gasteiger partial charge in [-0.05, 0) is 37.1 Å². The van der Waals surface area contributed by atoms with Crippen LogP contribution in [-0.2, 0) is 9.57 Å². The van der Waals surface area contributed by atoms with Crippen molar-refractivity contribution in [1.82, 2.24) is 5.06 Å². The van der Waals surface area contributed by atoms with Crippen molar-refractivity contribution in [2.24, 2.45) is 21.5 Å². The van der Waals surface area contributed by atoms with Gasteiger partial charge in [-0.1, -0.05) is 6.07 Å². The van der Waals surface area contributed by atoms with Crippen LogP contribution < -0.4 is 16.2 Å². The third-order valence-electron chi connectivity index (χ3n) is 4.40. The lowest BCUT2D eigenvalue weighted by atomic mass is 10.0. The van der Waals surface area contributed by atoms with Crippen molar-refractivity contribution in [3.8, 4) is 5.75 Å². The van der Waals surface area contributed by atoms with Crippen molar-refractivity contribution in [2.45, 2.75) is 38.8 Å². The van der Waals surface area contributed by atoms with E-state index in [0.29, 0.717) is 45.7 Å². The molecule has 1 aromatic carbocycles. The lowest BCUT2D eigenvalue weighted by Crippen LogP contribution is -2.59. The zero-order valence-electron chi connectivity index (χ0n) is 15.4. The van der Waals surface area contributed by atoms with Crippen LogP contribution in [-0.4, -0.2) is 49.1 Å². The Labute approximate surface area is 153 Å². The third kappa shape index (κ3) is 4.25. The van der Waals surface area contributed by atoms with Crippen molar-refractivity contribution in [3.05, 3.63) is 29.3 Å². The van der Waals surface area contributed by atoms with Crippen molar-refractivity contribution in [2.75, 3.05) is 26.4 Å². The van der Waals surface area contributed by atoms with Crippen molar-refractivity contribution < 1.29 is 14.3 Å². The molecule has 0 amide bonds. The number of rotatable bonds is 6. The molecule has 0 bridgehead atoms. The minimum absolute atomic E-state index is 0.183. The Morgan fingerprint density at radius 3 is 2.50 bits per heavy atom. The first-order valence-electron chi connectivity index (χ1n) is 8.90. The van der Waals surface area contributed by atoms with Gasteiger partial charge in [0.2, 0.25) is 11.9 Å². The predicted octanol–water partition coefficient (Wildman–Crippen LogP) is 1.46. The van der Waals surface area contributed by atoms with E-state index in [1.807, 2.05) is 12.1 Å². The van der Waals surface area contributed by atoms with Gasteiger partial charge in [-0.25, -0.2) is 4.99 Å². The van der Waals surface area contributed by atoms with Crippen molar-refractivity contribution >= 4 is 11.9 Å². The van der Waals surface area contributed by atoms with Gasteiger partial charge in [-0.3, -0.25) is 4.84 Å². The predicted molar refractivity (Wildman–Crippen MR) is 99.8 cm³/mol. The first kappa shape index (κ1) is 18.5. The summed E-state index contributed by atoms with van der Waals surface area (Å²) in [6.07, 6.45) is 2.02. The van der Waals surface area contributed by atoms with Gasteiger partial charge in [0.15, 0.2) is 5.66 Å². The second kappa shape index (κ2) is 7.92. The highest BCUT2D eigenvalue weighted by atomic mass is 16.7. The van der Waals surface area contributed by atoms with Crippen LogP contribution in [0, 0.1) is 13.8 Å². The fourth-order valence-electron chi connectivity index (χ4n) is 3.28. The Kier molecular flexibility index (Phi) is 5.63.